The van der Waals surface area contributed by atoms with Crippen LogP contribution < -0.4 is 5.73 Å². The van der Waals surface area contributed by atoms with E-state index in [1.54, 1.807) is 0 Å². The molecule has 0 radical (unpaired) electrons. The highest BCUT2D eigenvalue weighted by molar-refractivity contribution is 4.82. The summed E-state index contributed by atoms with van der Waals surface area (Å²) in [6.07, 6.45) is 11.0. The van der Waals surface area contributed by atoms with Crippen LogP contribution in [0.4, 0.5) is 0 Å². The predicted molar refractivity (Wildman–Crippen MR) is 63.1 cm³/mol. The Morgan fingerprint density at radius 2 is 2.29 bits per heavy atom. The fraction of sp³-hybridized carbons (Fsp3) is 0.846. The summed E-state index contributed by atoms with van der Waals surface area (Å²) >= 11 is 0. The van der Waals surface area contributed by atoms with Gasteiger partial charge in [-0.3, -0.25) is 0 Å². The third-order valence-electron chi connectivity index (χ3n) is 3.71. The van der Waals surface area contributed by atoms with E-state index in [0.717, 1.165) is 18.3 Å². The zero-order chi connectivity index (χ0) is 10.4. The van der Waals surface area contributed by atoms with Crippen LogP contribution in [0, 0.1) is 11.8 Å². The van der Waals surface area contributed by atoms with Gasteiger partial charge in [-0.1, -0.05) is 25.8 Å². The molecule has 0 spiro atoms. The normalized spacial score (nSPS) is 29.0. The summed E-state index contributed by atoms with van der Waals surface area (Å²) in [5, 5.41) is 0. The first-order valence-corrected chi connectivity index (χ1v) is 6.14. The second kappa shape index (κ2) is 6.23. The molecule has 2 N–H and O–H groups in total. The van der Waals surface area contributed by atoms with Crippen molar-refractivity contribution < 1.29 is 0 Å². The molecule has 1 aliphatic carbocycles. The molecule has 1 aliphatic rings. The highest BCUT2D eigenvalue weighted by atomic mass is 14.7. The summed E-state index contributed by atoms with van der Waals surface area (Å²) in [6, 6.07) is 0.450. The molecule has 0 bridgehead atoms. The average molecular weight is 195 g/mol. The molecule has 1 fully saturated rings. The first-order valence-electron chi connectivity index (χ1n) is 6.14. The molecule has 0 aromatic carbocycles. The van der Waals surface area contributed by atoms with Crippen LogP contribution in [0.3, 0.4) is 0 Å². The lowest BCUT2D eigenvalue weighted by Crippen LogP contribution is -2.28. The number of rotatable bonds is 6. The largest absolute Gasteiger partial charge is 0.327 e. The number of hydrogen-bond acceptors (Lipinski definition) is 1. The van der Waals surface area contributed by atoms with E-state index >= 15 is 0 Å². The predicted octanol–water partition coefficient (Wildman–Crippen LogP) is 3.50. The third-order valence-corrected chi connectivity index (χ3v) is 3.71. The lowest BCUT2D eigenvalue weighted by molar-refractivity contribution is 0.384. The maximum atomic E-state index is 6.20. The molecule has 82 valence electrons. The summed E-state index contributed by atoms with van der Waals surface area (Å²) in [7, 11) is 0. The van der Waals surface area contributed by atoms with Crippen LogP contribution >= 0.6 is 0 Å². The van der Waals surface area contributed by atoms with Crippen LogP contribution in [-0.4, -0.2) is 6.04 Å². The molecule has 0 amide bonds. The smallest absolute Gasteiger partial charge is 0.00673 e. The minimum atomic E-state index is 0.450. The van der Waals surface area contributed by atoms with E-state index in [0.29, 0.717) is 6.04 Å². The fourth-order valence-corrected chi connectivity index (χ4v) is 2.61. The van der Waals surface area contributed by atoms with E-state index in [9.17, 15) is 0 Å². The first kappa shape index (κ1) is 11.8. The molecule has 3 atom stereocenters. The van der Waals surface area contributed by atoms with Crippen molar-refractivity contribution >= 4 is 0 Å². The second-order valence-electron chi connectivity index (χ2n) is 4.73. The lowest BCUT2D eigenvalue weighted by Gasteiger charge is -2.18. The van der Waals surface area contributed by atoms with Crippen molar-refractivity contribution in [3.8, 4) is 0 Å². The summed E-state index contributed by atoms with van der Waals surface area (Å²) in [4.78, 5) is 0. The van der Waals surface area contributed by atoms with Crippen LogP contribution in [0.15, 0.2) is 12.7 Å². The number of hydrogen-bond donors (Lipinski definition) is 1. The molecule has 1 nitrogen and oxygen atoms in total. The van der Waals surface area contributed by atoms with Crippen molar-refractivity contribution in [2.75, 3.05) is 0 Å². The van der Waals surface area contributed by atoms with Crippen molar-refractivity contribution in [2.45, 2.75) is 57.9 Å². The first-order chi connectivity index (χ1) is 6.77. The zero-order valence-electron chi connectivity index (χ0n) is 9.54. The Hall–Kier alpha value is -0.300. The van der Waals surface area contributed by atoms with Crippen molar-refractivity contribution in [3.05, 3.63) is 12.7 Å². The van der Waals surface area contributed by atoms with Gasteiger partial charge >= 0.3 is 0 Å². The highest BCUT2D eigenvalue weighted by Crippen LogP contribution is 2.35. The second-order valence-corrected chi connectivity index (χ2v) is 4.73. The van der Waals surface area contributed by atoms with Gasteiger partial charge in [-0.25, -0.2) is 0 Å². The molecule has 0 saturated heterocycles. The molecule has 0 heterocycles. The van der Waals surface area contributed by atoms with Gasteiger partial charge < -0.3 is 5.73 Å². The molecule has 0 aliphatic heterocycles. The van der Waals surface area contributed by atoms with Gasteiger partial charge in [0.25, 0.3) is 0 Å². The minimum absolute atomic E-state index is 0.450. The van der Waals surface area contributed by atoms with E-state index in [4.69, 9.17) is 5.73 Å². The van der Waals surface area contributed by atoms with Crippen LogP contribution in [0.2, 0.25) is 0 Å². The average Bonchev–Trinajstić information content (AvgIpc) is 2.66. The molecular formula is C13H25N. The Balaban J connectivity index is 2.17. The molecule has 1 saturated carbocycles. The van der Waals surface area contributed by atoms with E-state index < -0.39 is 0 Å². The number of allylic oxidation sites excluding steroid dienone is 1. The Kier molecular flexibility index (Phi) is 5.24. The molecule has 14 heavy (non-hydrogen) atoms. The van der Waals surface area contributed by atoms with E-state index in [1.807, 2.05) is 6.08 Å². The Morgan fingerprint density at radius 3 is 2.86 bits per heavy atom. The van der Waals surface area contributed by atoms with Crippen molar-refractivity contribution in [1.29, 1.82) is 0 Å². The van der Waals surface area contributed by atoms with Crippen LogP contribution in [0.25, 0.3) is 0 Å². The minimum Gasteiger partial charge on any atom is -0.327 e. The monoisotopic (exact) mass is 195 g/mol. The maximum absolute atomic E-state index is 6.20. The molecule has 1 heteroatoms. The molecule has 1 rings (SSSR count). The SMILES string of the molecule is C=CCCCC(N)C1CCC(CC)C1. The summed E-state index contributed by atoms with van der Waals surface area (Å²) in [5.74, 6) is 1.77. The standard InChI is InChI=1S/C13H25N/c1-3-5-6-7-13(14)12-9-8-11(4-2)10-12/h3,11-13H,1,4-10,14H2,2H3. The van der Waals surface area contributed by atoms with Crippen molar-refractivity contribution in [1.82, 2.24) is 0 Å². The zero-order valence-corrected chi connectivity index (χ0v) is 9.54. The summed E-state index contributed by atoms with van der Waals surface area (Å²) < 4.78 is 0. The van der Waals surface area contributed by atoms with E-state index in [-0.39, 0.29) is 0 Å². The Bertz CT molecular complexity index is 165. The van der Waals surface area contributed by atoms with Gasteiger partial charge in [0.05, 0.1) is 0 Å². The van der Waals surface area contributed by atoms with Crippen LogP contribution in [0.5, 0.6) is 0 Å². The molecular weight excluding hydrogens is 170 g/mol. The van der Waals surface area contributed by atoms with Gasteiger partial charge in [0.2, 0.25) is 0 Å². The van der Waals surface area contributed by atoms with Gasteiger partial charge in [0.1, 0.15) is 0 Å². The number of nitrogens with two attached hydrogens (primary N) is 1. The lowest BCUT2D eigenvalue weighted by atomic mass is 9.93. The fourth-order valence-electron chi connectivity index (χ4n) is 2.61. The molecule has 3 unspecified atom stereocenters. The summed E-state index contributed by atoms with van der Waals surface area (Å²) in [6.45, 7) is 6.04. The Morgan fingerprint density at radius 1 is 1.50 bits per heavy atom. The highest BCUT2D eigenvalue weighted by Gasteiger charge is 2.27. The topological polar surface area (TPSA) is 26.0 Å². The van der Waals surface area contributed by atoms with E-state index in [2.05, 4.69) is 13.5 Å². The Labute approximate surface area is 88.8 Å². The van der Waals surface area contributed by atoms with E-state index in [1.165, 1.54) is 38.5 Å². The summed E-state index contributed by atoms with van der Waals surface area (Å²) in [5.41, 5.74) is 6.20. The van der Waals surface area contributed by atoms with Gasteiger partial charge in [-0.15, -0.1) is 6.58 Å². The van der Waals surface area contributed by atoms with Crippen LogP contribution in [-0.2, 0) is 0 Å². The van der Waals surface area contributed by atoms with Crippen molar-refractivity contribution in [3.63, 3.8) is 0 Å². The quantitative estimate of drug-likeness (QED) is 0.509. The van der Waals surface area contributed by atoms with Gasteiger partial charge in [-0.2, -0.15) is 0 Å². The third kappa shape index (κ3) is 3.45. The van der Waals surface area contributed by atoms with Crippen LogP contribution in [0.1, 0.15) is 51.9 Å². The van der Waals surface area contributed by atoms with Gasteiger partial charge in [0, 0.05) is 6.04 Å². The molecule has 0 aromatic rings. The van der Waals surface area contributed by atoms with Gasteiger partial charge in [0.15, 0.2) is 0 Å². The number of unbranched alkanes of at least 4 members (excludes halogenated alkanes) is 1. The van der Waals surface area contributed by atoms with Crippen molar-refractivity contribution in [2.24, 2.45) is 17.6 Å². The van der Waals surface area contributed by atoms with Gasteiger partial charge in [-0.05, 0) is 43.9 Å². The maximum Gasteiger partial charge on any atom is 0.00673 e. The molecule has 0 aromatic heterocycles.